The second-order valence-corrected chi connectivity index (χ2v) is 5.43. The van der Waals surface area contributed by atoms with Crippen LogP contribution < -0.4 is 5.32 Å². The molecular formula is C16H29N3O. The van der Waals surface area contributed by atoms with Gasteiger partial charge in [0, 0.05) is 30.3 Å². The van der Waals surface area contributed by atoms with E-state index >= 15 is 0 Å². The van der Waals surface area contributed by atoms with Gasteiger partial charge in [0.25, 0.3) is 0 Å². The van der Waals surface area contributed by atoms with Crippen molar-refractivity contribution in [3.63, 3.8) is 0 Å². The number of rotatable bonds is 8. The maximum atomic E-state index is 12.2. The molecule has 1 aromatic rings. The number of aryl methyl sites for hydroxylation is 2. The summed E-state index contributed by atoms with van der Waals surface area (Å²) < 4.78 is 1.99. The van der Waals surface area contributed by atoms with Crippen LogP contribution >= 0.6 is 0 Å². The van der Waals surface area contributed by atoms with Crippen LogP contribution in [0.2, 0.25) is 0 Å². The quantitative estimate of drug-likeness (QED) is 0.793. The first-order chi connectivity index (χ1) is 9.54. The molecule has 0 spiro atoms. The molecule has 0 fully saturated rings. The van der Waals surface area contributed by atoms with E-state index in [0.29, 0.717) is 6.54 Å². The first-order valence-electron chi connectivity index (χ1n) is 7.85. The Morgan fingerprint density at radius 2 is 2.00 bits per heavy atom. The zero-order valence-corrected chi connectivity index (χ0v) is 13.6. The molecule has 1 rings (SSSR count). The summed E-state index contributed by atoms with van der Waals surface area (Å²) in [6.45, 7) is 11.9. The van der Waals surface area contributed by atoms with Gasteiger partial charge in [0.1, 0.15) is 0 Å². The van der Waals surface area contributed by atoms with Crippen molar-refractivity contribution < 1.29 is 4.79 Å². The van der Waals surface area contributed by atoms with Crippen molar-refractivity contribution in [1.29, 1.82) is 0 Å². The van der Waals surface area contributed by atoms with Crippen LogP contribution in [-0.2, 0) is 17.9 Å². The normalized spacial score (nSPS) is 12.4. The van der Waals surface area contributed by atoms with Gasteiger partial charge in [-0.1, -0.05) is 26.7 Å². The highest BCUT2D eigenvalue weighted by Gasteiger charge is 2.17. The lowest BCUT2D eigenvalue weighted by Crippen LogP contribution is -2.30. The fourth-order valence-electron chi connectivity index (χ4n) is 2.59. The van der Waals surface area contributed by atoms with Crippen LogP contribution in [0.1, 0.15) is 63.4 Å². The van der Waals surface area contributed by atoms with E-state index in [-0.39, 0.29) is 11.8 Å². The summed E-state index contributed by atoms with van der Waals surface area (Å²) in [4.78, 5) is 12.2. The maximum Gasteiger partial charge on any atom is 0.223 e. The topological polar surface area (TPSA) is 46.9 Å². The van der Waals surface area contributed by atoms with Gasteiger partial charge in [-0.25, -0.2) is 0 Å². The third kappa shape index (κ3) is 4.09. The Morgan fingerprint density at radius 1 is 1.30 bits per heavy atom. The molecule has 1 unspecified atom stereocenters. The average molecular weight is 279 g/mol. The van der Waals surface area contributed by atoms with Gasteiger partial charge in [0.15, 0.2) is 0 Å². The molecule has 1 aromatic heterocycles. The van der Waals surface area contributed by atoms with Crippen molar-refractivity contribution in [3.05, 3.63) is 17.0 Å². The zero-order valence-electron chi connectivity index (χ0n) is 13.6. The number of amides is 1. The lowest BCUT2D eigenvalue weighted by atomic mass is 9.98. The van der Waals surface area contributed by atoms with Gasteiger partial charge < -0.3 is 5.32 Å². The number of carbonyl (C=O) groups is 1. The Kier molecular flexibility index (Phi) is 6.76. The molecule has 114 valence electrons. The monoisotopic (exact) mass is 279 g/mol. The summed E-state index contributed by atoms with van der Waals surface area (Å²) in [5, 5.41) is 7.57. The van der Waals surface area contributed by atoms with E-state index in [4.69, 9.17) is 0 Å². The van der Waals surface area contributed by atoms with Crippen LogP contribution in [0.4, 0.5) is 0 Å². The molecule has 0 aliphatic rings. The molecule has 1 amide bonds. The fourth-order valence-corrected chi connectivity index (χ4v) is 2.59. The van der Waals surface area contributed by atoms with Gasteiger partial charge in [-0.3, -0.25) is 9.48 Å². The Hall–Kier alpha value is -1.32. The van der Waals surface area contributed by atoms with E-state index in [1.54, 1.807) is 0 Å². The van der Waals surface area contributed by atoms with Crippen molar-refractivity contribution in [2.24, 2.45) is 5.92 Å². The number of carbonyl (C=O) groups excluding carboxylic acids is 1. The highest BCUT2D eigenvalue weighted by atomic mass is 16.1. The van der Waals surface area contributed by atoms with Crippen LogP contribution in [-0.4, -0.2) is 15.7 Å². The summed E-state index contributed by atoms with van der Waals surface area (Å²) in [5.74, 6) is 0.334. The molecule has 0 radical (unpaired) electrons. The molecule has 0 aliphatic carbocycles. The largest absolute Gasteiger partial charge is 0.352 e. The minimum atomic E-state index is 0.150. The second-order valence-electron chi connectivity index (χ2n) is 5.43. The summed E-state index contributed by atoms with van der Waals surface area (Å²) >= 11 is 0. The van der Waals surface area contributed by atoms with Crippen LogP contribution in [0, 0.1) is 19.8 Å². The highest BCUT2D eigenvalue weighted by Crippen LogP contribution is 2.15. The van der Waals surface area contributed by atoms with E-state index in [9.17, 15) is 4.79 Å². The predicted molar refractivity (Wildman–Crippen MR) is 82.5 cm³/mol. The van der Waals surface area contributed by atoms with Crippen LogP contribution in [0.15, 0.2) is 0 Å². The Morgan fingerprint density at radius 3 is 2.50 bits per heavy atom. The first-order valence-corrected chi connectivity index (χ1v) is 7.85. The Bertz CT molecular complexity index is 437. The predicted octanol–water partition coefficient (Wildman–Crippen LogP) is 3.35. The minimum Gasteiger partial charge on any atom is -0.352 e. The van der Waals surface area contributed by atoms with Crippen molar-refractivity contribution in [3.8, 4) is 0 Å². The van der Waals surface area contributed by atoms with E-state index in [1.807, 2.05) is 11.6 Å². The molecule has 1 atom stereocenters. The fraction of sp³-hybridized carbons (Fsp3) is 0.750. The molecule has 1 heterocycles. The number of nitrogens with one attached hydrogen (secondary N) is 1. The third-order valence-electron chi connectivity index (χ3n) is 4.04. The first kappa shape index (κ1) is 16.7. The van der Waals surface area contributed by atoms with E-state index in [0.717, 1.165) is 49.2 Å². The molecule has 1 N–H and O–H groups in total. The lowest BCUT2D eigenvalue weighted by Gasteiger charge is -2.14. The summed E-state index contributed by atoms with van der Waals surface area (Å²) in [6.07, 6.45) is 4.17. The van der Waals surface area contributed by atoms with Gasteiger partial charge in [-0.2, -0.15) is 5.10 Å². The number of hydrogen-bond donors (Lipinski definition) is 1. The van der Waals surface area contributed by atoms with E-state index < -0.39 is 0 Å². The molecule has 0 saturated carbocycles. The molecule has 0 saturated heterocycles. The number of hydrogen-bond acceptors (Lipinski definition) is 2. The molecule has 0 bridgehead atoms. The van der Waals surface area contributed by atoms with Gasteiger partial charge in [0.2, 0.25) is 5.91 Å². The van der Waals surface area contributed by atoms with Gasteiger partial charge in [0.05, 0.1) is 5.69 Å². The maximum absolute atomic E-state index is 12.2. The van der Waals surface area contributed by atoms with Gasteiger partial charge >= 0.3 is 0 Å². The van der Waals surface area contributed by atoms with E-state index in [2.05, 4.69) is 38.1 Å². The van der Waals surface area contributed by atoms with Gasteiger partial charge in [-0.15, -0.1) is 0 Å². The van der Waals surface area contributed by atoms with Crippen molar-refractivity contribution in [2.45, 2.75) is 73.4 Å². The summed E-state index contributed by atoms with van der Waals surface area (Å²) in [6, 6.07) is 0. The third-order valence-corrected chi connectivity index (χ3v) is 4.04. The summed E-state index contributed by atoms with van der Waals surface area (Å²) in [7, 11) is 0. The SMILES string of the molecule is CCCCC(CC)C(=O)NCc1c(C)nn(CC)c1C. The molecule has 0 aromatic carbocycles. The Balaban J connectivity index is 2.62. The number of aromatic nitrogens is 2. The Labute approximate surface area is 122 Å². The zero-order chi connectivity index (χ0) is 15.1. The van der Waals surface area contributed by atoms with Crippen molar-refractivity contribution >= 4 is 5.91 Å². The molecule has 20 heavy (non-hydrogen) atoms. The number of unbranched alkanes of at least 4 members (excludes halogenated alkanes) is 1. The average Bonchev–Trinajstić information content (AvgIpc) is 2.72. The van der Waals surface area contributed by atoms with Crippen LogP contribution in [0.3, 0.4) is 0 Å². The van der Waals surface area contributed by atoms with E-state index in [1.165, 1.54) is 0 Å². The second kappa shape index (κ2) is 8.08. The van der Waals surface area contributed by atoms with Crippen LogP contribution in [0.5, 0.6) is 0 Å². The standard InChI is InChI=1S/C16H29N3O/c1-6-9-10-14(7-2)16(20)17-11-15-12(4)18-19(8-3)13(15)5/h14H,6-11H2,1-5H3,(H,17,20). The molecule has 4 heteroatoms. The molecular weight excluding hydrogens is 250 g/mol. The minimum absolute atomic E-state index is 0.150. The summed E-state index contributed by atoms with van der Waals surface area (Å²) in [5.41, 5.74) is 3.34. The smallest absolute Gasteiger partial charge is 0.223 e. The van der Waals surface area contributed by atoms with Crippen molar-refractivity contribution in [2.75, 3.05) is 0 Å². The lowest BCUT2D eigenvalue weighted by molar-refractivity contribution is -0.125. The van der Waals surface area contributed by atoms with Crippen molar-refractivity contribution in [1.82, 2.24) is 15.1 Å². The molecule has 0 aliphatic heterocycles. The molecule has 4 nitrogen and oxygen atoms in total. The van der Waals surface area contributed by atoms with Crippen LogP contribution in [0.25, 0.3) is 0 Å². The number of nitrogens with zero attached hydrogens (tertiary/aromatic N) is 2. The van der Waals surface area contributed by atoms with Gasteiger partial charge in [-0.05, 0) is 33.6 Å². The highest BCUT2D eigenvalue weighted by molar-refractivity contribution is 5.78.